The number of rotatable bonds is 7. The molecule has 17 heavy (non-hydrogen) atoms. The van der Waals surface area contributed by atoms with Crippen molar-refractivity contribution in [3.63, 3.8) is 0 Å². The molecule has 1 aromatic rings. The van der Waals surface area contributed by atoms with E-state index in [1.165, 1.54) is 12.1 Å². The highest BCUT2D eigenvalue weighted by atomic mass is 19.1. The number of nitrogens with one attached hydrogen (secondary N) is 1. The molecule has 0 aliphatic heterocycles. The Morgan fingerprint density at radius 2 is 2.06 bits per heavy atom. The first kappa shape index (κ1) is 13.4. The highest BCUT2D eigenvalue weighted by Crippen LogP contribution is 2.07. The van der Waals surface area contributed by atoms with Crippen LogP contribution in [0.5, 0.6) is 0 Å². The van der Waals surface area contributed by atoms with Gasteiger partial charge in [0.25, 0.3) is 0 Å². The summed E-state index contributed by atoms with van der Waals surface area (Å²) in [7, 11) is 0. The molecule has 0 saturated carbocycles. The summed E-state index contributed by atoms with van der Waals surface area (Å²) in [6, 6.07) is 6.03. The average molecular weight is 241 g/mol. The first-order valence-corrected chi connectivity index (χ1v) is 5.45. The fourth-order valence-corrected chi connectivity index (χ4v) is 1.19. The van der Waals surface area contributed by atoms with Gasteiger partial charge in [-0.3, -0.25) is 0 Å². The van der Waals surface area contributed by atoms with Gasteiger partial charge in [-0.2, -0.15) is 0 Å². The number of benzene rings is 1. The van der Waals surface area contributed by atoms with Crippen LogP contribution in [0.3, 0.4) is 0 Å². The van der Waals surface area contributed by atoms with Gasteiger partial charge >= 0.3 is 5.97 Å². The molecule has 4 nitrogen and oxygen atoms in total. The van der Waals surface area contributed by atoms with Crippen LogP contribution >= 0.6 is 0 Å². The Hall–Kier alpha value is -1.62. The molecule has 0 heterocycles. The van der Waals surface area contributed by atoms with E-state index in [1.54, 1.807) is 19.1 Å². The Kier molecular flexibility index (Phi) is 6.03. The van der Waals surface area contributed by atoms with Gasteiger partial charge in [-0.25, -0.2) is 9.18 Å². The van der Waals surface area contributed by atoms with Crippen LogP contribution in [0.2, 0.25) is 0 Å². The number of anilines is 1. The second-order valence-electron chi connectivity index (χ2n) is 3.29. The number of halogens is 1. The van der Waals surface area contributed by atoms with Gasteiger partial charge in [0.05, 0.1) is 13.2 Å². The summed E-state index contributed by atoms with van der Waals surface area (Å²) in [6.45, 7) is 2.99. The first-order chi connectivity index (χ1) is 8.22. The van der Waals surface area contributed by atoms with E-state index in [2.05, 4.69) is 5.32 Å². The van der Waals surface area contributed by atoms with E-state index in [9.17, 15) is 9.18 Å². The van der Waals surface area contributed by atoms with E-state index in [0.717, 1.165) is 5.69 Å². The Morgan fingerprint density at radius 3 is 2.71 bits per heavy atom. The average Bonchev–Trinajstić information content (AvgIpc) is 2.31. The lowest BCUT2D eigenvalue weighted by atomic mass is 10.3. The Morgan fingerprint density at radius 1 is 1.35 bits per heavy atom. The Bertz CT molecular complexity index is 340. The molecule has 0 spiro atoms. The SMILES string of the molecule is CCOC(=O)COCCNc1ccc(F)cc1. The largest absolute Gasteiger partial charge is 0.464 e. The maximum absolute atomic E-state index is 12.6. The third-order valence-electron chi connectivity index (χ3n) is 1.94. The predicted octanol–water partition coefficient (Wildman–Crippen LogP) is 1.82. The van der Waals surface area contributed by atoms with Crippen molar-refractivity contribution >= 4 is 11.7 Å². The zero-order chi connectivity index (χ0) is 12.5. The molecule has 0 radical (unpaired) electrons. The van der Waals surface area contributed by atoms with Gasteiger partial charge in [0, 0.05) is 12.2 Å². The quantitative estimate of drug-likeness (QED) is 0.584. The highest BCUT2D eigenvalue weighted by molar-refractivity contribution is 5.70. The molecule has 1 rings (SSSR count). The minimum absolute atomic E-state index is 0.0427. The van der Waals surface area contributed by atoms with Gasteiger partial charge in [-0.15, -0.1) is 0 Å². The molecule has 0 saturated heterocycles. The molecule has 0 fully saturated rings. The molecule has 0 unspecified atom stereocenters. The molecule has 0 bridgehead atoms. The molecule has 0 aliphatic rings. The summed E-state index contributed by atoms with van der Waals surface area (Å²) >= 11 is 0. The summed E-state index contributed by atoms with van der Waals surface area (Å²) in [5, 5.41) is 3.03. The highest BCUT2D eigenvalue weighted by Gasteiger charge is 2.00. The fraction of sp³-hybridized carbons (Fsp3) is 0.417. The van der Waals surface area contributed by atoms with E-state index in [4.69, 9.17) is 9.47 Å². The zero-order valence-electron chi connectivity index (χ0n) is 9.74. The molecule has 1 N–H and O–H groups in total. The van der Waals surface area contributed by atoms with Gasteiger partial charge in [0.15, 0.2) is 0 Å². The summed E-state index contributed by atoms with van der Waals surface area (Å²) in [5.41, 5.74) is 0.811. The van der Waals surface area contributed by atoms with Crippen molar-refractivity contribution in [1.82, 2.24) is 0 Å². The van der Waals surface area contributed by atoms with Crippen LogP contribution in [0, 0.1) is 5.82 Å². The molecular formula is C12H16FNO3. The van der Waals surface area contributed by atoms with Crippen molar-refractivity contribution in [1.29, 1.82) is 0 Å². The van der Waals surface area contributed by atoms with Crippen molar-refractivity contribution in [2.24, 2.45) is 0 Å². The third kappa shape index (κ3) is 5.87. The second kappa shape index (κ2) is 7.62. The van der Waals surface area contributed by atoms with Crippen LogP contribution < -0.4 is 5.32 Å². The van der Waals surface area contributed by atoms with Crippen molar-refractivity contribution < 1.29 is 18.7 Å². The fourth-order valence-electron chi connectivity index (χ4n) is 1.19. The van der Waals surface area contributed by atoms with Crippen molar-refractivity contribution in [3.05, 3.63) is 30.1 Å². The number of carbonyl (C=O) groups is 1. The smallest absolute Gasteiger partial charge is 0.332 e. The standard InChI is InChI=1S/C12H16FNO3/c1-2-17-12(15)9-16-8-7-14-11-5-3-10(13)4-6-11/h3-6,14H,2,7-9H2,1H3. The van der Waals surface area contributed by atoms with Crippen LogP contribution in [-0.4, -0.2) is 32.3 Å². The molecule has 94 valence electrons. The molecule has 1 aromatic carbocycles. The van der Waals surface area contributed by atoms with E-state index in [0.29, 0.717) is 19.8 Å². The predicted molar refractivity (Wildman–Crippen MR) is 62.3 cm³/mol. The lowest BCUT2D eigenvalue weighted by molar-refractivity contribution is -0.148. The molecule has 0 amide bonds. The molecule has 0 aromatic heterocycles. The summed E-state index contributed by atoms with van der Waals surface area (Å²) in [6.07, 6.45) is 0. The molecule has 0 atom stereocenters. The van der Waals surface area contributed by atoms with Crippen molar-refractivity contribution in [2.45, 2.75) is 6.92 Å². The number of carbonyl (C=O) groups excluding carboxylic acids is 1. The summed E-state index contributed by atoms with van der Waals surface area (Å²) < 4.78 is 22.4. The minimum Gasteiger partial charge on any atom is -0.464 e. The Labute approximate surface area is 99.7 Å². The second-order valence-corrected chi connectivity index (χ2v) is 3.29. The van der Waals surface area contributed by atoms with Gasteiger partial charge in [0.2, 0.25) is 0 Å². The van der Waals surface area contributed by atoms with Gasteiger partial charge in [0.1, 0.15) is 12.4 Å². The normalized spacial score (nSPS) is 10.0. The monoisotopic (exact) mass is 241 g/mol. The van der Waals surface area contributed by atoms with Gasteiger partial charge in [-0.1, -0.05) is 0 Å². The van der Waals surface area contributed by atoms with E-state index in [1.807, 2.05) is 0 Å². The number of ether oxygens (including phenoxy) is 2. The van der Waals surface area contributed by atoms with Crippen LogP contribution in [0.15, 0.2) is 24.3 Å². The van der Waals surface area contributed by atoms with Crippen molar-refractivity contribution in [2.75, 3.05) is 31.7 Å². The number of hydrogen-bond acceptors (Lipinski definition) is 4. The van der Waals surface area contributed by atoms with Crippen LogP contribution in [0.25, 0.3) is 0 Å². The maximum Gasteiger partial charge on any atom is 0.332 e. The summed E-state index contributed by atoms with van der Waals surface area (Å²) in [5.74, 6) is -0.636. The van der Waals surface area contributed by atoms with E-state index >= 15 is 0 Å². The van der Waals surface area contributed by atoms with Gasteiger partial charge < -0.3 is 14.8 Å². The molecular weight excluding hydrogens is 225 g/mol. The minimum atomic E-state index is -0.366. The van der Waals surface area contributed by atoms with Crippen molar-refractivity contribution in [3.8, 4) is 0 Å². The number of esters is 1. The van der Waals surface area contributed by atoms with Crippen LogP contribution in [-0.2, 0) is 14.3 Å². The lowest BCUT2D eigenvalue weighted by Crippen LogP contribution is -2.16. The van der Waals surface area contributed by atoms with Gasteiger partial charge in [-0.05, 0) is 31.2 Å². The lowest BCUT2D eigenvalue weighted by Gasteiger charge is -2.07. The summed E-state index contributed by atoms with van der Waals surface area (Å²) in [4.78, 5) is 10.9. The van der Waals surface area contributed by atoms with E-state index < -0.39 is 0 Å². The third-order valence-corrected chi connectivity index (χ3v) is 1.94. The van der Waals surface area contributed by atoms with Crippen LogP contribution in [0.4, 0.5) is 10.1 Å². The first-order valence-electron chi connectivity index (χ1n) is 5.45. The Balaban J connectivity index is 2.08. The molecule has 0 aliphatic carbocycles. The zero-order valence-corrected chi connectivity index (χ0v) is 9.74. The molecule has 5 heteroatoms. The number of hydrogen-bond donors (Lipinski definition) is 1. The maximum atomic E-state index is 12.6. The topological polar surface area (TPSA) is 47.6 Å². The van der Waals surface area contributed by atoms with E-state index in [-0.39, 0.29) is 18.4 Å². The van der Waals surface area contributed by atoms with Crippen LogP contribution in [0.1, 0.15) is 6.92 Å².